The van der Waals surface area contributed by atoms with Crippen LogP contribution in [0, 0.1) is 0 Å². The number of hydrogen-bond donors (Lipinski definition) is 0. The summed E-state index contributed by atoms with van der Waals surface area (Å²) >= 11 is 1.46. The molecule has 0 aliphatic heterocycles. The fourth-order valence-electron chi connectivity index (χ4n) is 3.07. The molecule has 0 amide bonds. The summed E-state index contributed by atoms with van der Waals surface area (Å²) in [5.74, 6) is 1.18. The van der Waals surface area contributed by atoms with Gasteiger partial charge in [0.1, 0.15) is 16.9 Å². The van der Waals surface area contributed by atoms with E-state index in [4.69, 9.17) is 9.40 Å². The molecule has 0 aliphatic carbocycles. The van der Waals surface area contributed by atoms with E-state index >= 15 is 0 Å². The van der Waals surface area contributed by atoms with Gasteiger partial charge in [0.05, 0.1) is 5.75 Å². The number of hydrogen-bond acceptors (Lipinski definition) is 6. The summed E-state index contributed by atoms with van der Waals surface area (Å²) in [5, 5.41) is 9.43. The molecule has 0 spiro atoms. The van der Waals surface area contributed by atoms with Crippen molar-refractivity contribution in [3.8, 4) is 22.5 Å². The molecule has 0 radical (unpaired) electrons. The fraction of sp³-hybridized carbons (Fsp3) is 0.0435. The zero-order valence-electron chi connectivity index (χ0n) is 15.4. The van der Waals surface area contributed by atoms with Crippen molar-refractivity contribution in [3.05, 3.63) is 90.8 Å². The Labute approximate surface area is 171 Å². The number of thioether (sulfide) groups is 1. The van der Waals surface area contributed by atoms with Gasteiger partial charge in [0, 0.05) is 11.1 Å². The van der Waals surface area contributed by atoms with Crippen LogP contribution >= 0.6 is 11.8 Å². The van der Waals surface area contributed by atoms with Gasteiger partial charge < -0.3 is 4.42 Å². The van der Waals surface area contributed by atoms with Crippen LogP contribution in [0.4, 0.5) is 0 Å². The van der Waals surface area contributed by atoms with Crippen molar-refractivity contribution in [2.75, 3.05) is 0 Å². The number of fused-ring (bicyclic) bond motifs is 1. The topological polar surface area (TPSA) is 64.7 Å². The maximum atomic E-state index is 5.79. The Bertz CT molecular complexity index is 1220. The van der Waals surface area contributed by atoms with Crippen LogP contribution in [0.1, 0.15) is 5.89 Å². The largest absolute Gasteiger partial charge is 0.440 e. The number of rotatable bonds is 5. The predicted molar refractivity (Wildman–Crippen MR) is 114 cm³/mol. The second kappa shape index (κ2) is 7.85. The lowest BCUT2D eigenvalue weighted by atomic mass is 10.0. The van der Waals surface area contributed by atoms with Crippen LogP contribution in [0.2, 0.25) is 0 Å². The molecule has 29 heavy (non-hydrogen) atoms. The number of aromatic nitrogens is 4. The van der Waals surface area contributed by atoms with Crippen molar-refractivity contribution >= 4 is 22.9 Å². The molecule has 5 aromatic rings. The second-order valence-electron chi connectivity index (χ2n) is 6.39. The first kappa shape index (κ1) is 17.6. The molecule has 5 rings (SSSR count). The highest BCUT2D eigenvalue weighted by atomic mass is 32.2. The van der Waals surface area contributed by atoms with Gasteiger partial charge in [-0.25, -0.2) is 9.97 Å². The monoisotopic (exact) mass is 396 g/mol. The number of benzene rings is 3. The minimum Gasteiger partial charge on any atom is -0.440 e. The standard InChI is InChI=1S/C23H16N4OS/c1-3-9-16(10-4-1)21-22(17-11-5-2-6-12-17)26-27-23(25-21)29-15-20-24-18-13-7-8-14-19(18)28-20/h1-14H,15H2. The summed E-state index contributed by atoms with van der Waals surface area (Å²) in [6.45, 7) is 0. The van der Waals surface area contributed by atoms with Crippen molar-refractivity contribution in [3.63, 3.8) is 0 Å². The smallest absolute Gasteiger partial charge is 0.210 e. The maximum absolute atomic E-state index is 5.79. The minimum atomic E-state index is 0.537. The summed E-state index contributed by atoms with van der Waals surface area (Å²) in [7, 11) is 0. The lowest BCUT2D eigenvalue weighted by molar-refractivity contribution is 0.556. The van der Waals surface area contributed by atoms with Crippen LogP contribution < -0.4 is 0 Å². The Balaban J connectivity index is 1.47. The van der Waals surface area contributed by atoms with Crippen molar-refractivity contribution in [1.29, 1.82) is 0 Å². The highest BCUT2D eigenvalue weighted by molar-refractivity contribution is 7.98. The van der Waals surface area contributed by atoms with Crippen molar-refractivity contribution in [2.24, 2.45) is 0 Å². The van der Waals surface area contributed by atoms with E-state index in [-0.39, 0.29) is 0 Å². The number of para-hydroxylation sites is 2. The molecular weight excluding hydrogens is 380 g/mol. The second-order valence-corrected chi connectivity index (χ2v) is 7.33. The van der Waals surface area contributed by atoms with Gasteiger partial charge in [0.2, 0.25) is 11.0 Å². The molecule has 140 valence electrons. The van der Waals surface area contributed by atoms with Crippen molar-refractivity contribution < 1.29 is 4.42 Å². The molecule has 0 atom stereocenters. The molecule has 0 aliphatic rings. The average molecular weight is 396 g/mol. The highest BCUT2D eigenvalue weighted by Gasteiger charge is 2.14. The number of oxazole rings is 1. The third kappa shape index (κ3) is 3.75. The molecule has 0 N–H and O–H groups in total. The Morgan fingerprint density at radius 3 is 2.03 bits per heavy atom. The summed E-state index contributed by atoms with van der Waals surface area (Å²) in [6.07, 6.45) is 0. The Kier molecular flexibility index (Phi) is 4.76. The third-order valence-electron chi connectivity index (χ3n) is 4.42. The van der Waals surface area contributed by atoms with E-state index in [2.05, 4.69) is 15.2 Å². The lowest BCUT2D eigenvalue weighted by Gasteiger charge is -2.09. The summed E-state index contributed by atoms with van der Waals surface area (Å²) in [5.41, 5.74) is 5.21. The third-order valence-corrected chi connectivity index (χ3v) is 5.25. The van der Waals surface area contributed by atoms with E-state index in [1.54, 1.807) is 0 Å². The predicted octanol–water partition coefficient (Wildman–Crippen LogP) is 5.64. The van der Waals surface area contributed by atoms with Gasteiger partial charge in [0.25, 0.3) is 0 Å². The molecule has 0 fully saturated rings. The van der Waals surface area contributed by atoms with Crippen LogP contribution in [-0.4, -0.2) is 20.2 Å². The molecule has 5 nitrogen and oxygen atoms in total. The van der Waals surface area contributed by atoms with Crippen molar-refractivity contribution in [2.45, 2.75) is 10.9 Å². The first-order chi connectivity index (χ1) is 14.4. The molecule has 2 aromatic heterocycles. The van der Waals surface area contributed by atoms with Gasteiger partial charge in [0.15, 0.2) is 5.58 Å². The highest BCUT2D eigenvalue weighted by Crippen LogP contribution is 2.30. The summed E-state index contributed by atoms with van der Waals surface area (Å²) in [6, 6.07) is 27.8. The summed E-state index contributed by atoms with van der Waals surface area (Å²) < 4.78 is 5.79. The van der Waals surface area contributed by atoms with Gasteiger partial charge in [-0.1, -0.05) is 84.6 Å². The zero-order valence-corrected chi connectivity index (χ0v) is 16.2. The van der Waals surface area contributed by atoms with Gasteiger partial charge in [-0.2, -0.15) is 0 Å². The molecule has 6 heteroatoms. The maximum Gasteiger partial charge on any atom is 0.210 e. The Morgan fingerprint density at radius 1 is 0.655 bits per heavy atom. The Hall–Kier alpha value is -3.51. The van der Waals surface area contributed by atoms with Gasteiger partial charge in [-0.15, -0.1) is 10.2 Å². The molecule has 3 aromatic carbocycles. The van der Waals surface area contributed by atoms with E-state index in [0.717, 1.165) is 33.6 Å². The SMILES string of the molecule is c1ccc(-c2nnc(SCc3nc4ccccc4o3)nc2-c2ccccc2)cc1. The van der Waals surface area contributed by atoms with Crippen LogP contribution in [-0.2, 0) is 5.75 Å². The quantitative estimate of drug-likeness (QED) is 0.358. The Morgan fingerprint density at radius 2 is 1.31 bits per heavy atom. The van der Waals surface area contributed by atoms with E-state index in [1.807, 2.05) is 84.9 Å². The van der Waals surface area contributed by atoms with Crippen LogP contribution in [0.3, 0.4) is 0 Å². The fourth-order valence-corrected chi connectivity index (χ4v) is 3.70. The van der Waals surface area contributed by atoms with Gasteiger partial charge in [-0.05, 0) is 12.1 Å². The molecule has 0 bridgehead atoms. The molecule has 0 unspecified atom stereocenters. The van der Waals surface area contributed by atoms with Gasteiger partial charge >= 0.3 is 0 Å². The minimum absolute atomic E-state index is 0.537. The average Bonchev–Trinajstić information content (AvgIpc) is 3.22. The van der Waals surface area contributed by atoms with E-state index in [0.29, 0.717) is 16.8 Å². The first-order valence-electron chi connectivity index (χ1n) is 9.19. The summed E-state index contributed by atoms with van der Waals surface area (Å²) in [4.78, 5) is 9.32. The molecular formula is C23H16N4OS. The van der Waals surface area contributed by atoms with Gasteiger partial charge in [-0.3, -0.25) is 0 Å². The van der Waals surface area contributed by atoms with Crippen LogP contribution in [0.5, 0.6) is 0 Å². The molecule has 0 saturated carbocycles. The first-order valence-corrected chi connectivity index (χ1v) is 10.2. The lowest BCUT2D eigenvalue weighted by Crippen LogP contribution is -1.99. The molecule has 2 heterocycles. The van der Waals surface area contributed by atoms with Crippen LogP contribution in [0.15, 0.2) is 94.5 Å². The van der Waals surface area contributed by atoms with E-state index < -0.39 is 0 Å². The molecule has 0 saturated heterocycles. The van der Waals surface area contributed by atoms with Crippen molar-refractivity contribution in [1.82, 2.24) is 20.2 Å². The van der Waals surface area contributed by atoms with E-state index in [9.17, 15) is 0 Å². The zero-order chi connectivity index (χ0) is 19.5. The normalized spacial score (nSPS) is 11.0. The number of nitrogens with zero attached hydrogens (tertiary/aromatic N) is 4. The van der Waals surface area contributed by atoms with Crippen LogP contribution in [0.25, 0.3) is 33.6 Å². The van der Waals surface area contributed by atoms with E-state index in [1.165, 1.54) is 11.8 Å².